The van der Waals surface area contributed by atoms with Gasteiger partial charge in [0.1, 0.15) is 11.0 Å². The molecule has 1 saturated heterocycles. The summed E-state index contributed by atoms with van der Waals surface area (Å²) in [5, 5.41) is 7.44. The number of nitrogens with zero attached hydrogens (tertiary/aromatic N) is 4. The van der Waals surface area contributed by atoms with Crippen molar-refractivity contribution in [3.8, 4) is 0 Å². The van der Waals surface area contributed by atoms with Gasteiger partial charge in [-0.2, -0.15) is 0 Å². The van der Waals surface area contributed by atoms with Crippen molar-refractivity contribution < 1.29 is 9.53 Å². The van der Waals surface area contributed by atoms with Gasteiger partial charge in [0.15, 0.2) is 0 Å². The predicted octanol–water partition coefficient (Wildman–Crippen LogP) is 2.69. The van der Waals surface area contributed by atoms with E-state index in [-0.39, 0.29) is 18.4 Å². The second-order valence-electron chi connectivity index (χ2n) is 4.86. The average molecular weight is 332 g/mol. The van der Waals surface area contributed by atoms with Crippen molar-refractivity contribution in [3.05, 3.63) is 22.8 Å². The van der Waals surface area contributed by atoms with Crippen LogP contribution >= 0.6 is 24.0 Å². The predicted molar refractivity (Wildman–Crippen MR) is 80.0 cm³/mol. The zero-order valence-corrected chi connectivity index (χ0v) is 12.7. The second kappa shape index (κ2) is 6.55. The van der Waals surface area contributed by atoms with Crippen LogP contribution in [0.5, 0.6) is 0 Å². The van der Waals surface area contributed by atoms with E-state index < -0.39 is 12.3 Å². The normalized spacial score (nSPS) is 22.1. The van der Waals surface area contributed by atoms with Crippen LogP contribution in [-0.2, 0) is 4.74 Å². The van der Waals surface area contributed by atoms with Gasteiger partial charge in [-0.25, -0.2) is 9.78 Å². The Morgan fingerprint density at radius 2 is 2.05 bits per heavy atom. The molecular formula is C12H15Cl2N5O2. The van der Waals surface area contributed by atoms with Crippen molar-refractivity contribution in [2.45, 2.75) is 25.1 Å². The van der Waals surface area contributed by atoms with E-state index in [1.165, 1.54) is 0 Å². The van der Waals surface area contributed by atoms with Crippen LogP contribution in [0.1, 0.15) is 24.6 Å². The fourth-order valence-corrected chi connectivity index (χ4v) is 2.52. The highest BCUT2D eigenvalue weighted by Gasteiger charge is 2.25. The monoisotopic (exact) mass is 331 g/mol. The van der Waals surface area contributed by atoms with Crippen molar-refractivity contribution in [2.24, 2.45) is 16.0 Å². The quantitative estimate of drug-likeness (QED) is 0.841. The number of nitrogens with two attached hydrogens (primary N) is 1. The number of aromatic nitrogens is 1. The van der Waals surface area contributed by atoms with Crippen LogP contribution in [0.3, 0.4) is 0 Å². The molecule has 1 fully saturated rings. The summed E-state index contributed by atoms with van der Waals surface area (Å²) in [7, 11) is 0. The molecule has 0 saturated carbocycles. The van der Waals surface area contributed by atoms with Crippen LogP contribution in [-0.4, -0.2) is 30.2 Å². The van der Waals surface area contributed by atoms with Crippen molar-refractivity contribution in [1.82, 2.24) is 4.98 Å². The molecule has 1 aromatic heterocycles. The summed E-state index contributed by atoms with van der Waals surface area (Å²) in [6, 6.07) is 3.70. The molecule has 3 rings (SSSR count). The number of piperidine rings is 1. The smallest absolute Gasteiger partial charge is 0.415 e. The number of amides is 1. The molecule has 9 heteroatoms. The highest BCUT2D eigenvalue weighted by molar-refractivity contribution is 6.29. The highest BCUT2D eigenvalue weighted by atomic mass is 35.5. The van der Waals surface area contributed by atoms with Crippen LogP contribution in [0, 0.1) is 0 Å². The van der Waals surface area contributed by atoms with Gasteiger partial charge in [0, 0.05) is 24.7 Å². The Hall–Kier alpha value is -1.44. The lowest BCUT2D eigenvalue weighted by Crippen LogP contribution is -2.40. The summed E-state index contributed by atoms with van der Waals surface area (Å²) in [5.74, 6) is 0.748. The number of ether oxygens (including phenoxy) is 1. The van der Waals surface area contributed by atoms with E-state index in [0.29, 0.717) is 10.7 Å². The highest BCUT2D eigenvalue weighted by Crippen LogP contribution is 2.30. The Bertz CT molecular complexity index is 561. The lowest BCUT2D eigenvalue weighted by Gasteiger charge is -2.31. The molecule has 1 amide bonds. The van der Waals surface area contributed by atoms with Gasteiger partial charge in [0.2, 0.25) is 6.23 Å². The summed E-state index contributed by atoms with van der Waals surface area (Å²) in [6.07, 6.45) is 0.422. The number of azo groups is 1. The molecule has 7 nitrogen and oxygen atoms in total. The number of anilines is 1. The molecule has 1 unspecified atom stereocenters. The van der Waals surface area contributed by atoms with Gasteiger partial charge in [-0.3, -0.25) is 0 Å². The molecule has 21 heavy (non-hydrogen) atoms. The molecule has 0 bridgehead atoms. The van der Waals surface area contributed by atoms with Gasteiger partial charge < -0.3 is 15.4 Å². The third-order valence-corrected chi connectivity index (χ3v) is 3.60. The molecule has 0 radical (unpaired) electrons. The Balaban J connectivity index is 0.00000161. The fourth-order valence-electron chi connectivity index (χ4n) is 2.31. The molecule has 0 aliphatic carbocycles. The lowest BCUT2D eigenvalue weighted by molar-refractivity contribution is 0.133. The first kappa shape index (κ1) is 15.9. The summed E-state index contributed by atoms with van der Waals surface area (Å²) in [5.41, 5.74) is 6.56. The molecule has 3 heterocycles. The Kier molecular flexibility index (Phi) is 4.97. The summed E-state index contributed by atoms with van der Waals surface area (Å²) < 4.78 is 4.96. The van der Waals surface area contributed by atoms with E-state index >= 15 is 0 Å². The Morgan fingerprint density at radius 1 is 1.33 bits per heavy atom. The van der Waals surface area contributed by atoms with Crippen LogP contribution in [0.4, 0.5) is 10.6 Å². The molecule has 114 valence electrons. The minimum absolute atomic E-state index is 0. The SMILES string of the molecule is Cl.NC1CCN(c2cc(C3N=NC(=O)O3)cc(Cl)n2)CC1. The number of hydrogen-bond acceptors (Lipinski definition) is 6. The number of halogens is 2. The zero-order chi connectivity index (χ0) is 14.1. The largest absolute Gasteiger partial charge is 0.454 e. The van der Waals surface area contributed by atoms with Gasteiger partial charge in [-0.1, -0.05) is 16.7 Å². The van der Waals surface area contributed by atoms with E-state index in [2.05, 4.69) is 20.1 Å². The third-order valence-electron chi connectivity index (χ3n) is 3.41. The molecule has 2 aliphatic rings. The number of pyridine rings is 1. The third kappa shape index (κ3) is 3.61. The van der Waals surface area contributed by atoms with Crippen molar-refractivity contribution in [3.63, 3.8) is 0 Å². The summed E-state index contributed by atoms with van der Waals surface area (Å²) in [6.45, 7) is 1.67. The van der Waals surface area contributed by atoms with Crippen LogP contribution in [0.25, 0.3) is 0 Å². The maximum atomic E-state index is 11.0. The van der Waals surface area contributed by atoms with Gasteiger partial charge in [0.05, 0.1) is 0 Å². The fraction of sp³-hybridized carbons (Fsp3) is 0.500. The van der Waals surface area contributed by atoms with Gasteiger partial charge in [-0.15, -0.1) is 17.5 Å². The Labute approximate surface area is 132 Å². The standard InChI is InChI=1S/C12H14ClN5O2.ClH/c13-9-5-7(11-16-17-12(19)20-11)6-10(15-9)18-3-1-8(14)2-4-18;/h5-6,8,11H,1-4,14H2;1H. The topological polar surface area (TPSA) is 93.2 Å². The Morgan fingerprint density at radius 3 is 2.67 bits per heavy atom. The number of carbonyl (C=O) groups is 1. The maximum absolute atomic E-state index is 11.0. The molecule has 2 aliphatic heterocycles. The van der Waals surface area contributed by atoms with E-state index in [1.54, 1.807) is 6.07 Å². The first-order valence-electron chi connectivity index (χ1n) is 6.41. The van der Waals surface area contributed by atoms with E-state index in [1.807, 2.05) is 6.07 Å². The number of hydrogen-bond donors (Lipinski definition) is 1. The molecule has 1 atom stereocenters. The van der Waals surface area contributed by atoms with Crippen molar-refractivity contribution >= 4 is 35.9 Å². The first-order chi connectivity index (χ1) is 9.61. The molecule has 1 aromatic rings. The molecule has 0 spiro atoms. The van der Waals surface area contributed by atoms with Crippen LogP contribution in [0.2, 0.25) is 5.15 Å². The van der Waals surface area contributed by atoms with E-state index in [9.17, 15) is 4.79 Å². The van der Waals surface area contributed by atoms with Crippen molar-refractivity contribution in [2.75, 3.05) is 18.0 Å². The first-order valence-corrected chi connectivity index (χ1v) is 6.79. The van der Waals surface area contributed by atoms with Gasteiger partial charge in [0.25, 0.3) is 0 Å². The molecule has 2 N–H and O–H groups in total. The average Bonchev–Trinajstić information content (AvgIpc) is 2.85. The maximum Gasteiger partial charge on any atom is 0.454 e. The lowest BCUT2D eigenvalue weighted by atomic mass is 10.1. The number of rotatable bonds is 2. The van der Waals surface area contributed by atoms with Crippen LogP contribution in [0.15, 0.2) is 22.4 Å². The van der Waals surface area contributed by atoms with Gasteiger partial charge in [-0.05, 0) is 25.0 Å². The van der Waals surface area contributed by atoms with E-state index in [4.69, 9.17) is 22.1 Å². The minimum Gasteiger partial charge on any atom is -0.415 e. The minimum atomic E-state index is -0.728. The second-order valence-corrected chi connectivity index (χ2v) is 5.24. The van der Waals surface area contributed by atoms with Gasteiger partial charge >= 0.3 is 6.09 Å². The molecular weight excluding hydrogens is 317 g/mol. The number of cyclic esters (lactones) is 1. The van der Waals surface area contributed by atoms with E-state index in [0.717, 1.165) is 31.7 Å². The van der Waals surface area contributed by atoms with Crippen molar-refractivity contribution in [1.29, 1.82) is 0 Å². The summed E-state index contributed by atoms with van der Waals surface area (Å²) in [4.78, 5) is 17.4. The number of carbonyl (C=O) groups excluding carboxylic acids is 1. The zero-order valence-electron chi connectivity index (χ0n) is 11.1. The summed E-state index contributed by atoms with van der Waals surface area (Å²) >= 11 is 6.04. The molecule has 0 aromatic carbocycles. The van der Waals surface area contributed by atoms with Crippen LogP contribution < -0.4 is 10.6 Å².